The molecule has 1 amide bonds. The Bertz CT molecular complexity index is 921. The summed E-state index contributed by atoms with van der Waals surface area (Å²) in [7, 11) is 1.73. The molecule has 7 nitrogen and oxygen atoms in total. The van der Waals surface area contributed by atoms with Gasteiger partial charge < -0.3 is 19.4 Å². The second-order valence-electron chi connectivity index (χ2n) is 9.91. The molecule has 1 atom stereocenters. The van der Waals surface area contributed by atoms with Crippen molar-refractivity contribution in [3.8, 4) is 5.69 Å². The summed E-state index contributed by atoms with van der Waals surface area (Å²) in [5.74, 6) is 1.49. The smallest absolute Gasteiger partial charge is 0.225 e. The number of likely N-dealkylation sites (N-methyl/N-ethyl adjacent to an activating group) is 1. The van der Waals surface area contributed by atoms with Crippen LogP contribution in [0.2, 0.25) is 0 Å². The first kappa shape index (κ1) is 28.2. The van der Waals surface area contributed by atoms with Crippen molar-refractivity contribution < 1.29 is 9.53 Å². The number of aromatic nitrogens is 2. The summed E-state index contributed by atoms with van der Waals surface area (Å²) in [4.78, 5) is 20.8. The van der Waals surface area contributed by atoms with E-state index in [0.717, 1.165) is 82.0 Å². The summed E-state index contributed by atoms with van der Waals surface area (Å²) < 4.78 is 7.43. The number of unbranched alkanes of at least 4 members (excludes halogenated alkanes) is 1. The number of rotatable bonds is 14. The van der Waals surface area contributed by atoms with Crippen LogP contribution in [-0.2, 0) is 16.1 Å². The SMILES string of the molecule is CCCCC(CC)C(=O)N(CCCOC)Cc1c(C)nn(-c2ccccc2)c1N1CCN(CC)CC1. The molecule has 0 N–H and O–H groups in total. The zero-order valence-electron chi connectivity index (χ0n) is 23.2. The van der Waals surface area contributed by atoms with Crippen LogP contribution < -0.4 is 4.90 Å². The van der Waals surface area contributed by atoms with Gasteiger partial charge in [0.25, 0.3) is 0 Å². The Hall–Kier alpha value is -2.38. The average molecular weight is 498 g/mol. The Balaban J connectivity index is 1.97. The van der Waals surface area contributed by atoms with Crippen molar-refractivity contribution in [2.24, 2.45) is 5.92 Å². The third-order valence-electron chi connectivity index (χ3n) is 7.46. The van der Waals surface area contributed by atoms with Gasteiger partial charge in [-0.2, -0.15) is 5.10 Å². The summed E-state index contributed by atoms with van der Waals surface area (Å²) in [6, 6.07) is 10.4. The van der Waals surface area contributed by atoms with Gasteiger partial charge in [-0.25, -0.2) is 4.68 Å². The highest BCUT2D eigenvalue weighted by molar-refractivity contribution is 5.79. The van der Waals surface area contributed by atoms with Gasteiger partial charge >= 0.3 is 0 Å². The maximum atomic E-state index is 13.8. The zero-order valence-corrected chi connectivity index (χ0v) is 23.2. The molecule has 36 heavy (non-hydrogen) atoms. The van der Waals surface area contributed by atoms with Crippen molar-refractivity contribution in [1.82, 2.24) is 19.6 Å². The van der Waals surface area contributed by atoms with E-state index in [9.17, 15) is 4.79 Å². The molecule has 1 aromatic carbocycles. The zero-order chi connectivity index (χ0) is 25.9. The van der Waals surface area contributed by atoms with E-state index in [1.807, 2.05) is 6.07 Å². The van der Waals surface area contributed by atoms with Crippen LogP contribution in [0, 0.1) is 12.8 Å². The average Bonchev–Trinajstić information content (AvgIpc) is 3.24. The van der Waals surface area contributed by atoms with Crippen LogP contribution in [0.3, 0.4) is 0 Å². The lowest BCUT2D eigenvalue weighted by molar-refractivity contribution is -0.136. The lowest BCUT2D eigenvalue weighted by atomic mass is 9.97. The van der Waals surface area contributed by atoms with Gasteiger partial charge in [-0.15, -0.1) is 0 Å². The van der Waals surface area contributed by atoms with Crippen LogP contribution in [0.25, 0.3) is 5.69 Å². The van der Waals surface area contributed by atoms with Crippen LogP contribution in [0.1, 0.15) is 64.1 Å². The van der Waals surface area contributed by atoms with Gasteiger partial charge in [0.2, 0.25) is 5.91 Å². The van der Waals surface area contributed by atoms with Crippen LogP contribution >= 0.6 is 0 Å². The van der Waals surface area contributed by atoms with E-state index in [1.165, 1.54) is 5.56 Å². The third-order valence-corrected chi connectivity index (χ3v) is 7.46. The molecule has 1 aliphatic rings. The second kappa shape index (κ2) is 14.4. The molecular weight excluding hydrogens is 450 g/mol. The lowest BCUT2D eigenvalue weighted by Gasteiger charge is -2.36. The third kappa shape index (κ3) is 7.10. The number of hydrogen-bond donors (Lipinski definition) is 0. The fourth-order valence-electron chi connectivity index (χ4n) is 5.15. The fourth-order valence-corrected chi connectivity index (χ4v) is 5.15. The van der Waals surface area contributed by atoms with Crippen LogP contribution in [-0.4, -0.2) is 78.5 Å². The molecule has 1 unspecified atom stereocenters. The van der Waals surface area contributed by atoms with E-state index < -0.39 is 0 Å². The minimum Gasteiger partial charge on any atom is -0.385 e. The molecule has 1 aromatic heterocycles. The number of piperazine rings is 1. The molecule has 0 saturated carbocycles. The highest BCUT2D eigenvalue weighted by Crippen LogP contribution is 2.30. The van der Waals surface area contributed by atoms with Crippen molar-refractivity contribution in [2.45, 2.75) is 66.3 Å². The van der Waals surface area contributed by atoms with E-state index in [-0.39, 0.29) is 11.8 Å². The van der Waals surface area contributed by atoms with Gasteiger partial charge in [-0.3, -0.25) is 4.79 Å². The van der Waals surface area contributed by atoms with Gasteiger partial charge in [-0.05, 0) is 44.9 Å². The molecule has 0 bridgehead atoms. The van der Waals surface area contributed by atoms with Gasteiger partial charge in [0.05, 0.1) is 17.9 Å². The highest BCUT2D eigenvalue weighted by atomic mass is 16.5. The first-order valence-electron chi connectivity index (χ1n) is 13.9. The molecule has 200 valence electrons. The normalized spacial score (nSPS) is 15.3. The van der Waals surface area contributed by atoms with Crippen LogP contribution in [0.5, 0.6) is 0 Å². The summed E-state index contributed by atoms with van der Waals surface area (Å²) in [5, 5.41) is 5.02. The molecule has 1 saturated heterocycles. The summed E-state index contributed by atoms with van der Waals surface area (Å²) in [6.07, 6.45) is 4.88. The number of carbonyl (C=O) groups is 1. The Morgan fingerprint density at radius 3 is 2.42 bits per heavy atom. The Labute approximate surface area is 218 Å². The minimum atomic E-state index is 0.0773. The maximum absolute atomic E-state index is 13.8. The molecule has 3 rings (SSSR count). The van der Waals surface area contributed by atoms with Gasteiger partial charge in [-0.1, -0.05) is 51.8 Å². The largest absolute Gasteiger partial charge is 0.385 e. The van der Waals surface area contributed by atoms with Crippen molar-refractivity contribution in [3.05, 3.63) is 41.6 Å². The molecule has 0 radical (unpaired) electrons. The minimum absolute atomic E-state index is 0.0773. The molecule has 1 aliphatic heterocycles. The number of methoxy groups -OCH3 is 1. The molecule has 0 aliphatic carbocycles. The molecular formula is C29H47N5O2. The van der Waals surface area contributed by atoms with Gasteiger partial charge in [0.1, 0.15) is 5.82 Å². The highest BCUT2D eigenvalue weighted by Gasteiger charge is 2.29. The summed E-state index contributed by atoms with van der Waals surface area (Å²) in [5.41, 5.74) is 3.23. The second-order valence-corrected chi connectivity index (χ2v) is 9.91. The van der Waals surface area contributed by atoms with E-state index in [4.69, 9.17) is 9.84 Å². The molecule has 7 heteroatoms. The molecule has 2 aromatic rings. The molecule has 1 fully saturated rings. The number of ether oxygens (including phenoxy) is 1. The van der Waals surface area contributed by atoms with Crippen molar-refractivity contribution in [2.75, 3.05) is 57.9 Å². The molecule has 2 heterocycles. The number of carbonyl (C=O) groups excluding carboxylic acids is 1. The Kier molecular flexibility index (Phi) is 11.3. The number of benzene rings is 1. The Morgan fingerprint density at radius 1 is 1.08 bits per heavy atom. The number of amides is 1. The number of anilines is 1. The number of aryl methyl sites for hydroxylation is 1. The van der Waals surface area contributed by atoms with Gasteiger partial charge in [0.15, 0.2) is 0 Å². The lowest BCUT2D eigenvalue weighted by Crippen LogP contribution is -2.47. The van der Waals surface area contributed by atoms with Crippen molar-refractivity contribution >= 4 is 11.7 Å². The standard InChI is InChI=1S/C29H47N5O2/c1-6-9-14-25(7-2)29(35)33(17-13-22-36-5)23-27-24(4)30-34(26-15-11-10-12-16-26)28(27)32-20-18-31(8-3)19-21-32/h10-12,15-16,25H,6-9,13-14,17-23H2,1-5H3. The summed E-state index contributed by atoms with van der Waals surface area (Å²) >= 11 is 0. The Morgan fingerprint density at radius 2 is 1.81 bits per heavy atom. The quantitative estimate of drug-likeness (QED) is 0.347. The number of hydrogen-bond acceptors (Lipinski definition) is 5. The van der Waals surface area contributed by atoms with E-state index in [2.05, 4.69) is 71.3 Å². The van der Waals surface area contributed by atoms with Crippen molar-refractivity contribution in [3.63, 3.8) is 0 Å². The first-order valence-corrected chi connectivity index (χ1v) is 13.9. The molecule has 0 spiro atoms. The number of nitrogens with zero attached hydrogens (tertiary/aromatic N) is 5. The van der Waals surface area contributed by atoms with Crippen LogP contribution in [0.4, 0.5) is 5.82 Å². The van der Waals surface area contributed by atoms with Crippen LogP contribution in [0.15, 0.2) is 30.3 Å². The first-order chi connectivity index (χ1) is 17.5. The maximum Gasteiger partial charge on any atom is 0.225 e. The summed E-state index contributed by atoms with van der Waals surface area (Å²) in [6.45, 7) is 15.7. The fraction of sp³-hybridized carbons (Fsp3) is 0.655. The predicted octanol–water partition coefficient (Wildman–Crippen LogP) is 4.90. The topological polar surface area (TPSA) is 53.8 Å². The van der Waals surface area contributed by atoms with E-state index in [1.54, 1.807) is 7.11 Å². The monoisotopic (exact) mass is 497 g/mol. The van der Waals surface area contributed by atoms with Crippen molar-refractivity contribution in [1.29, 1.82) is 0 Å². The number of para-hydroxylation sites is 1. The van der Waals surface area contributed by atoms with Gasteiger partial charge in [0, 0.05) is 57.9 Å². The van der Waals surface area contributed by atoms with E-state index >= 15 is 0 Å². The van der Waals surface area contributed by atoms with E-state index in [0.29, 0.717) is 19.7 Å². The predicted molar refractivity (Wildman–Crippen MR) is 148 cm³/mol.